The van der Waals surface area contributed by atoms with Gasteiger partial charge in [-0.25, -0.2) is 0 Å². The highest BCUT2D eigenvalue weighted by Crippen LogP contribution is 2.29. The van der Waals surface area contributed by atoms with Crippen molar-refractivity contribution in [1.82, 2.24) is 5.32 Å². The predicted octanol–water partition coefficient (Wildman–Crippen LogP) is 5.05. The Morgan fingerprint density at radius 2 is 1.84 bits per heavy atom. The van der Waals surface area contributed by atoms with E-state index < -0.39 is 0 Å². The Balaban J connectivity index is 1.91. The molecule has 3 heteroatoms. The molecule has 0 aromatic heterocycles. The van der Waals surface area contributed by atoms with Crippen molar-refractivity contribution >= 4 is 23.4 Å². The van der Waals surface area contributed by atoms with Crippen molar-refractivity contribution in [2.45, 2.75) is 56.4 Å². The number of nitrogens with one attached hydrogen (secondary N) is 1. The van der Waals surface area contributed by atoms with Crippen LogP contribution in [0.1, 0.15) is 50.6 Å². The van der Waals surface area contributed by atoms with Crippen molar-refractivity contribution < 1.29 is 0 Å². The van der Waals surface area contributed by atoms with E-state index in [2.05, 4.69) is 30.6 Å². The highest BCUT2D eigenvalue weighted by Gasteiger charge is 2.22. The molecule has 106 valence electrons. The van der Waals surface area contributed by atoms with Crippen LogP contribution in [0, 0.1) is 0 Å². The third-order valence-corrected chi connectivity index (χ3v) is 5.52. The standard InChI is InChI=1S/C16H24ClNS/c1-3-16(12-4-6-13(17)7-5-12)18-14-8-10-15(19-2)11-9-14/h4-7,14-16,18H,3,8-11H2,1-2H3. The number of thioether (sulfide) groups is 1. The van der Waals surface area contributed by atoms with Crippen LogP contribution in [0.5, 0.6) is 0 Å². The van der Waals surface area contributed by atoms with E-state index in [9.17, 15) is 0 Å². The summed E-state index contributed by atoms with van der Waals surface area (Å²) in [6.45, 7) is 2.25. The molecular formula is C16H24ClNS. The van der Waals surface area contributed by atoms with E-state index in [4.69, 9.17) is 11.6 Å². The van der Waals surface area contributed by atoms with E-state index in [-0.39, 0.29) is 0 Å². The molecule has 19 heavy (non-hydrogen) atoms. The van der Waals surface area contributed by atoms with Crippen LogP contribution in [0.3, 0.4) is 0 Å². The average Bonchev–Trinajstić information content (AvgIpc) is 2.46. The van der Waals surface area contributed by atoms with Gasteiger partial charge in [0.15, 0.2) is 0 Å². The third kappa shape index (κ3) is 4.40. The molecular weight excluding hydrogens is 274 g/mol. The van der Waals surface area contributed by atoms with Crippen LogP contribution < -0.4 is 5.32 Å². The minimum absolute atomic E-state index is 0.466. The van der Waals surface area contributed by atoms with Gasteiger partial charge in [0.05, 0.1) is 0 Å². The fraction of sp³-hybridized carbons (Fsp3) is 0.625. The normalized spacial score (nSPS) is 25.2. The lowest BCUT2D eigenvalue weighted by atomic mass is 9.93. The Morgan fingerprint density at radius 3 is 2.37 bits per heavy atom. The molecule has 1 N–H and O–H groups in total. The molecule has 1 fully saturated rings. The van der Waals surface area contributed by atoms with Gasteiger partial charge in [0.25, 0.3) is 0 Å². The maximum Gasteiger partial charge on any atom is 0.0406 e. The molecule has 0 radical (unpaired) electrons. The SMILES string of the molecule is CCC(NC1CCC(SC)CC1)c1ccc(Cl)cc1. The summed E-state index contributed by atoms with van der Waals surface area (Å²) in [5.74, 6) is 0. The van der Waals surface area contributed by atoms with Crippen molar-refractivity contribution in [3.05, 3.63) is 34.9 Å². The zero-order chi connectivity index (χ0) is 13.7. The topological polar surface area (TPSA) is 12.0 Å². The maximum atomic E-state index is 5.96. The van der Waals surface area contributed by atoms with Gasteiger partial charge in [-0.1, -0.05) is 30.7 Å². The molecule has 1 aliphatic carbocycles. The molecule has 1 aliphatic rings. The molecule has 1 aromatic carbocycles. The van der Waals surface area contributed by atoms with Gasteiger partial charge < -0.3 is 5.32 Å². The summed E-state index contributed by atoms with van der Waals surface area (Å²) in [6.07, 6.45) is 8.71. The second-order valence-corrected chi connectivity index (χ2v) is 6.96. The van der Waals surface area contributed by atoms with Gasteiger partial charge in [0.2, 0.25) is 0 Å². The smallest absolute Gasteiger partial charge is 0.0406 e. The first-order valence-corrected chi connectivity index (χ1v) is 8.93. The van der Waals surface area contributed by atoms with Crippen LogP contribution in [-0.4, -0.2) is 17.5 Å². The molecule has 1 unspecified atom stereocenters. The predicted molar refractivity (Wildman–Crippen MR) is 87.2 cm³/mol. The van der Waals surface area contributed by atoms with Crippen LogP contribution in [-0.2, 0) is 0 Å². The average molecular weight is 298 g/mol. The van der Waals surface area contributed by atoms with Crippen molar-refractivity contribution in [1.29, 1.82) is 0 Å². The highest BCUT2D eigenvalue weighted by atomic mass is 35.5. The molecule has 0 heterocycles. The largest absolute Gasteiger partial charge is 0.307 e. The summed E-state index contributed by atoms with van der Waals surface area (Å²) in [6, 6.07) is 9.43. The van der Waals surface area contributed by atoms with E-state index >= 15 is 0 Å². The van der Waals surface area contributed by atoms with Gasteiger partial charge in [-0.15, -0.1) is 0 Å². The van der Waals surface area contributed by atoms with Crippen LogP contribution in [0.4, 0.5) is 0 Å². The Morgan fingerprint density at radius 1 is 1.21 bits per heavy atom. The van der Waals surface area contributed by atoms with E-state index in [0.717, 1.165) is 16.7 Å². The molecule has 2 rings (SSSR count). The lowest BCUT2D eigenvalue weighted by molar-refractivity contribution is 0.339. The van der Waals surface area contributed by atoms with Gasteiger partial charge in [-0.2, -0.15) is 11.8 Å². The molecule has 1 saturated carbocycles. The molecule has 0 saturated heterocycles. The maximum absolute atomic E-state index is 5.96. The number of benzene rings is 1. The Kier molecular flexibility index (Phi) is 6.06. The number of hydrogen-bond acceptors (Lipinski definition) is 2. The van der Waals surface area contributed by atoms with Crippen LogP contribution in [0.25, 0.3) is 0 Å². The first-order chi connectivity index (χ1) is 9.22. The summed E-state index contributed by atoms with van der Waals surface area (Å²) in [7, 11) is 0. The molecule has 0 bridgehead atoms. The fourth-order valence-corrected chi connectivity index (χ4v) is 3.76. The number of rotatable bonds is 5. The van der Waals surface area contributed by atoms with Crippen molar-refractivity contribution in [3.8, 4) is 0 Å². The number of hydrogen-bond donors (Lipinski definition) is 1. The van der Waals surface area contributed by atoms with E-state index in [1.165, 1.54) is 31.2 Å². The minimum Gasteiger partial charge on any atom is -0.307 e. The zero-order valence-corrected chi connectivity index (χ0v) is 13.4. The zero-order valence-electron chi connectivity index (χ0n) is 11.9. The number of halogens is 1. The van der Waals surface area contributed by atoms with Crippen molar-refractivity contribution in [2.24, 2.45) is 0 Å². The monoisotopic (exact) mass is 297 g/mol. The lowest BCUT2D eigenvalue weighted by Crippen LogP contribution is -2.36. The first kappa shape index (κ1) is 15.2. The van der Waals surface area contributed by atoms with Crippen molar-refractivity contribution in [2.75, 3.05) is 6.26 Å². The quantitative estimate of drug-likeness (QED) is 0.816. The molecule has 1 nitrogen and oxygen atoms in total. The molecule has 0 spiro atoms. The van der Waals surface area contributed by atoms with E-state index in [0.29, 0.717) is 12.1 Å². The molecule has 1 aromatic rings. The van der Waals surface area contributed by atoms with Gasteiger partial charge in [-0.05, 0) is 56.1 Å². The lowest BCUT2D eigenvalue weighted by Gasteiger charge is -2.31. The van der Waals surface area contributed by atoms with Gasteiger partial charge >= 0.3 is 0 Å². The summed E-state index contributed by atoms with van der Waals surface area (Å²) in [5.41, 5.74) is 1.36. The second kappa shape index (κ2) is 7.56. The highest BCUT2D eigenvalue weighted by molar-refractivity contribution is 7.99. The second-order valence-electron chi connectivity index (χ2n) is 5.39. The van der Waals surface area contributed by atoms with Crippen LogP contribution in [0.2, 0.25) is 5.02 Å². The Bertz CT molecular complexity index is 371. The first-order valence-electron chi connectivity index (χ1n) is 7.27. The van der Waals surface area contributed by atoms with Crippen LogP contribution in [0.15, 0.2) is 24.3 Å². The minimum atomic E-state index is 0.466. The summed E-state index contributed by atoms with van der Waals surface area (Å²) in [4.78, 5) is 0. The van der Waals surface area contributed by atoms with Gasteiger partial charge in [-0.3, -0.25) is 0 Å². The van der Waals surface area contributed by atoms with Gasteiger partial charge in [0.1, 0.15) is 0 Å². The molecule has 0 aliphatic heterocycles. The Labute approximate surface area is 126 Å². The Hall–Kier alpha value is -0.180. The summed E-state index contributed by atoms with van der Waals surface area (Å²) < 4.78 is 0. The van der Waals surface area contributed by atoms with E-state index in [1.54, 1.807) is 0 Å². The third-order valence-electron chi connectivity index (χ3n) is 4.13. The fourth-order valence-electron chi connectivity index (χ4n) is 2.89. The molecule has 0 amide bonds. The summed E-state index contributed by atoms with van der Waals surface area (Å²) in [5, 5.41) is 5.54. The van der Waals surface area contributed by atoms with Crippen molar-refractivity contribution in [3.63, 3.8) is 0 Å². The van der Waals surface area contributed by atoms with E-state index in [1.807, 2.05) is 23.9 Å². The van der Waals surface area contributed by atoms with Gasteiger partial charge in [0, 0.05) is 22.4 Å². The van der Waals surface area contributed by atoms with Crippen LogP contribution >= 0.6 is 23.4 Å². The molecule has 1 atom stereocenters. The summed E-state index contributed by atoms with van der Waals surface area (Å²) >= 11 is 7.99.